The van der Waals surface area contributed by atoms with E-state index in [4.69, 9.17) is 18.9 Å². The molecule has 0 bridgehead atoms. The van der Waals surface area contributed by atoms with E-state index in [-0.39, 0.29) is 48.8 Å². The van der Waals surface area contributed by atoms with Crippen LogP contribution in [0.1, 0.15) is 106 Å². The Morgan fingerprint density at radius 2 is 1.67 bits per heavy atom. The SMILES string of the molecule is CN(C(=O)C1=C[C@H]2OC(C3CC3)(C3CC3)O[C@H]2[C@H](OC(=O)c2ccc(C=C3CCC4O[C@]4(C)CC[C@@H]4[C@@H]3CC4(C)C)cc2)C1)[C@H](Cc1ccccc1)C(=O)NCCO. The van der Waals surface area contributed by atoms with Crippen LogP contribution in [0.5, 0.6) is 0 Å². The third-order valence-electron chi connectivity index (χ3n) is 14.6. The summed E-state index contributed by atoms with van der Waals surface area (Å²) in [6.07, 6.45) is 12.8. The van der Waals surface area contributed by atoms with Gasteiger partial charge in [0.1, 0.15) is 24.4 Å². The van der Waals surface area contributed by atoms with Crippen LogP contribution < -0.4 is 5.32 Å². The minimum atomic E-state index is -0.830. The number of esters is 1. The Bertz CT molecular complexity index is 1940. The lowest BCUT2D eigenvalue weighted by atomic mass is 9.52. The highest BCUT2D eigenvalue weighted by Crippen LogP contribution is 2.61. The zero-order valence-electron chi connectivity index (χ0n) is 34.5. The number of rotatable bonds is 12. The van der Waals surface area contributed by atoms with Crippen LogP contribution in [0.15, 0.2) is 71.8 Å². The highest BCUT2D eigenvalue weighted by atomic mass is 16.8. The first-order valence-electron chi connectivity index (χ1n) is 21.8. The van der Waals surface area contributed by atoms with Gasteiger partial charge >= 0.3 is 5.97 Å². The molecule has 1 unspecified atom stereocenters. The summed E-state index contributed by atoms with van der Waals surface area (Å²) in [5, 5.41) is 12.2. The maximum atomic E-state index is 14.4. The Balaban J connectivity index is 0.937. The number of fused-ring (bicyclic) bond motifs is 3. The molecule has 8 atom stereocenters. The van der Waals surface area contributed by atoms with Gasteiger partial charge in [-0.3, -0.25) is 9.59 Å². The molecule has 2 saturated heterocycles. The van der Waals surface area contributed by atoms with Crippen LogP contribution in [0.4, 0.5) is 0 Å². The average molecular weight is 793 g/mol. The van der Waals surface area contributed by atoms with E-state index in [1.807, 2.05) is 60.7 Å². The van der Waals surface area contributed by atoms with Crippen molar-refractivity contribution in [1.82, 2.24) is 10.2 Å². The molecule has 58 heavy (non-hydrogen) atoms. The maximum Gasteiger partial charge on any atom is 0.338 e. The number of carbonyl (C=O) groups is 3. The number of hydrogen-bond donors (Lipinski definition) is 2. The molecule has 2 heterocycles. The number of likely N-dealkylation sites (N-methyl/N-ethyl adjacent to an activating group) is 1. The summed E-state index contributed by atoms with van der Waals surface area (Å²) >= 11 is 0. The van der Waals surface area contributed by atoms with Gasteiger partial charge in [0.2, 0.25) is 11.8 Å². The third-order valence-corrected chi connectivity index (χ3v) is 14.6. The minimum absolute atomic E-state index is 0.0424. The number of hydrogen-bond acceptors (Lipinski definition) is 8. The summed E-state index contributed by atoms with van der Waals surface area (Å²) in [7, 11) is 1.63. The van der Waals surface area contributed by atoms with E-state index < -0.39 is 36.1 Å². The van der Waals surface area contributed by atoms with Gasteiger partial charge < -0.3 is 34.3 Å². The number of epoxide rings is 1. The first-order valence-corrected chi connectivity index (χ1v) is 21.8. The lowest BCUT2D eigenvalue weighted by molar-refractivity contribution is -0.209. The van der Waals surface area contributed by atoms with Crippen molar-refractivity contribution in [2.45, 2.75) is 133 Å². The molecule has 0 spiro atoms. The number of amides is 2. The average Bonchev–Trinajstić information content (AvgIpc) is 4.13. The van der Waals surface area contributed by atoms with Crippen LogP contribution in [0.25, 0.3) is 6.08 Å². The zero-order chi connectivity index (χ0) is 40.4. The Kier molecular flexibility index (Phi) is 10.5. The van der Waals surface area contributed by atoms with Crippen LogP contribution in [-0.4, -0.2) is 89.8 Å². The van der Waals surface area contributed by atoms with Crippen molar-refractivity contribution >= 4 is 23.9 Å². The van der Waals surface area contributed by atoms with Crippen molar-refractivity contribution in [2.24, 2.45) is 29.1 Å². The van der Waals surface area contributed by atoms with Crippen molar-refractivity contribution in [3.63, 3.8) is 0 Å². The van der Waals surface area contributed by atoms with Crippen molar-refractivity contribution in [3.8, 4) is 0 Å². The number of benzene rings is 2. The number of nitrogens with zero attached hydrogens (tertiary/aromatic N) is 1. The van der Waals surface area contributed by atoms with Crippen LogP contribution in [0, 0.1) is 29.1 Å². The fourth-order valence-electron chi connectivity index (χ4n) is 10.8. The Hall–Kier alpha value is -3.83. The van der Waals surface area contributed by atoms with Gasteiger partial charge in [-0.05, 0) is 111 Å². The molecule has 2 aliphatic heterocycles. The predicted octanol–water partition coefficient (Wildman–Crippen LogP) is 6.80. The maximum absolute atomic E-state index is 14.4. The van der Waals surface area contributed by atoms with Crippen molar-refractivity contribution < 1.29 is 38.4 Å². The molecular weight excluding hydrogens is 733 g/mol. The molecule has 2 aromatic carbocycles. The number of aliphatic hydroxyl groups is 1. The van der Waals surface area contributed by atoms with Gasteiger partial charge in [0.15, 0.2) is 5.79 Å². The molecule has 2 aromatic rings. The van der Waals surface area contributed by atoms with E-state index >= 15 is 0 Å². The molecule has 6 fully saturated rings. The van der Waals surface area contributed by atoms with E-state index in [1.165, 1.54) is 23.3 Å². The van der Waals surface area contributed by atoms with E-state index in [0.29, 0.717) is 40.9 Å². The van der Waals surface area contributed by atoms with Crippen molar-refractivity contribution in [3.05, 3.63) is 88.5 Å². The van der Waals surface area contributed by atoms with Gasteiger partial charge in [0.05, 0.1) is 23.9 Å². The minimum Gasteiger partial charge on any atom is -0.456 e. The predicted molar refractivity (Wildman–Crippen MR) is 218 cm³/mol. The molecule has 2 amide bonds. The van der Waals surface area contributed by atoms with Crippen molar-refractivity contribution in [1.29, 1.82) is 0 Å². The second-order valence-corrected chi connectivity index (χ2v) is 19.2. The number of nitrogens with one attached hydrogen (secondary N) is 1. The number of carbonyl (C=O) groups excluding carboxylic acids is 3. The standard InChI is InChI=1S/C48H60N2O8/c1-46(2)28-36-32(14-19-41-47(3,57-41)21-20-37(36)46)24-30-10-12-31(13-11-30)45(54)55-39-26-33(27-40-42(39)58-48(56-40,34-15-16-34)35-17-18-35)44(53)50(4)38(43(52)49-22-23-51)25-29-8-6-5-7-9-29/h5-13,24,27,34-42,51H,14-23,25-26,28H2,1-4H3,(H,49,52)/t36-,37-,38-,39-,40-,41?,42+,47-/m1/s1. The summed E-state index contributed by atoms with van der Waals surface area (Å²) in [5.41, 5.74) is 4.71. The number of allylic oxidation sites excluding steroid dienone is 1. The fraction of sp³-hybridized carbons (Fsp3) is 0.604. The summed E-state index contributed by atoms with van der Waals surface area (Å²) in [4.78, 5) is 43.3. The highest BCUT2D eigenvalue weighted by molar-refractivity contribution is 5.97. The van der Waals surface area contributed by atoms with Gasteiger partial charge in [0, 0.05) is 43.8 Å². The van der Waals surface area contributed by atoms with Crippen molar-refractivity contribution in [2.75, 3.05) is 20.2 Å². The molecule has 5 aliphatic carbocycles. The molecule has 10 heteroatoms. The van der Waals surface area contributed by atoms with E-state index in [1.54, 1.807) is 7.05 Å². The zero-order valence-corrected chi connectivity index (χ0v) is 34.5. The molecule has 10 nitrogen and oxygen atoms in total. The van der Waals surface area contributed by atoms with Crippen LogP contribution >= 0.6 is 0 Å². The molecular formula is C48H60N2O8. The Morgan fingerprint density at radius 1 is 0.948 bits per heavy atom. The molecule has 310 valence electrons. The molecule has 9 rings (SSSR count). The summed E-state index contributed by atoms with van der Waals surface area (Å²) < 4.78 is 26.2. The molecule has 0 aromatic heterocycles. The van der Waals surface area contributed by atoms with E-state index in [9.17, 15) is 19.5 Å². The first kappa shape index (κ1) is 39.6. The molecule has 4 saturated carbocycles. The van der Waals surface area contributed by atoms with Gasteiger partial charge in [-0.1, -0.05) is 68.0 Å². The quantitative estimate of drug-likeness (QED) is 0.178. The second-order valence-electron chi connectivity index (χ2n) is 19.2. The number of ether oxygens (including phenoxy) is 4. The molecule has 2 N–H and O–H groups in total. The number of aliphatic hydroxyl groups excluding tert-OH is 1. The van der Waals surface area contributed by atoms with Crippen LogP contribution in [0.2, 0.25) is 0 Å². The summed E-state index contributed by atoms with van der Waals surface area (Å²) in [6, 6.07) is 16.4. The Morgan fingerprint density at radius 3 is 2.34 bits per heavy atom. The van der Waals surface area contributed by atoms with Gasteiger partial charge in [-0.15, -0.1) is 0 Å². The lowest BCUT2D eigenvalue weighted by Gasteiger charge is -2.53. The Labute approximate surface area is 342 Å². The van der Waals surface area contributed by atoms with Crippen LogP contribution in [-0.2, 0) is 35.0 Å². The van der Waals surface area contributed by atoms with Crippen LogP contribution in [0.3, 0.4) is 0 Å². The smallest absolute Gasteiger partial charge is 0.338 e. The van der Waals surface area contributed by atoms with Gasteiger partial charge in [-0.2, -0.15) is 0 Å². The summed E-state index contributed by atoms with van der Waals surface area (Å²) in [5.74, 6) is -0.0868. The molecule has 7 aliphatic rings. The monoisotopic (exact) mass is 792 g/mol. The second kappa shape index (κ2) is 15.3. The first-order chi connectivity index (χ1) is 27.9. The third kappa shape index (κ3) is 7.70. The van der Waals surface area contributed by atoms with Gasteiger partial charge in [-0.25, -0.2) is 4.79 Å². The van der Waals surface area contributed by atoms with E-state index in [0.717, 1.165) is 56.1 Å². The highest BCUT2D eigenvalue weighted by Gasteiger charge is 2.65. The summed E-state index contributed by atoms with van der Waals surface area (Å²) in [6.45, 7) is 6.96. The fourth-order valence-corrected chi connectivity index (χ4v) is 10.8. The topological polar surface area (TPSA) is 127 Å². The van der Waals surface area contributed by atoms with E-state index in [2.05, 4.69) is 32.2 Å². The normalized spacial score (nSPS) is 33.1. The molecule has 0 radical (unpaired) electrons. The largest absolute Gasteiger partial charge is 0.456 e. The lowest BCUT2D eigenvalue weighted by Crippen LogP contribution is -2.51. The van der Waals surface area contributed by atoms with Gasteiger partial charge in [0.25, 0.3) is 0 Å².